The van der Waals surface area contributed by atoms with E-state index < -0.39 is 16.9 Å². The molecular formula is C29H32FN3O2. The molecule has 0 saturated carbocycles. The van der Waals surface area contributed by atoms with Gasteiger partial charge in [0.05, 0.1) is 5.69 Å². The fraction of sp³-hybridized carbons (Fsp3) is 0.379. The van der Waals surface area contributed by atoms with E-state index >= 15 is 4.39 Å². The fourth-order valence-electron chi connectivity index (χ4n) is 4.61. The first-order valence-corrected chi connectivity index (χ1v) is 11.8. The molecule has 3 heterocycles. The molecule has 0 spiro atoms. The van der Waals surface area contributed by atoms with Crippen molar-refractivity contribution in [3.63, 3.8) is 0 Å². The van der Waals surface area contributed by atoms with Crippen LogP contribution in [0.5, 0.6) is 0 Å². The molecule has 0 bridgehead atoms. The molecule has 1 fully saturated rings. The highest BCUT2D eigenvalue weighted by molar-refractivity contribution is 5.46. The van der Waals surface area contributed by atoms with E-state index in [4.69, 9.17) is 0 Å². The number of aromatic nitrogens is 2. The van der Waals surface area contributed by atoms with Crippen LogP contribution in [0.2, 0.25) is 0 Å². The molecule has 2 N–H and O–H groups in total. The Hall–Kier alpha value is -3.11. The van der Waals surface area contributed by atoms with E-state index in [9.17, 15) is 10.2 Å². The predicted molar refractivity (Wildman–Crippen MR) is 135 cm³/mol. The lowest BCUT2D eigenvalue weighted by Crippen LogP contribution is -2.68. The van der Waals surface area contributed by atoms with Gasteiger partial charge in [-0.25, -0.2) is 4.39 Å². The number of alkyl halides is 1. The van der Waals surface area contributed by atoms with E-state index in [0.29, 0.717) is 28.3 Å². The largest absolute Gasteiger partial charge is 0.377 e. The average Bonchev–Trinajstić information content (AvgIpc) is 2.81. The molecule has 0 radical (unpaired) electrons. The summed E-state index contributed by atoms with van der Waals surface area (Å²) in [5.74, 6) is 6.11. The van der Waals surface area contributed by atoms with Crippen molar-refractivity contribution in [2.45, 2.75) is 50.5 Å². The third kappa shape index (κ3) is 4.72. The second-order valence-electron chi connectivity index (χ2n) is 10.1. The molecule has 0 aliphatic carbocycles. The Balaban J connectivity index is 1.75. The van der Waals surface area contributed by atoms with Gasteiger partial charge in [0.25, 0.3) is 0 Å². The molecule has 4 rings (SSSR count). The van der Waals surface area contributed by atoms with Crippen molar-refractivity contribution in [1.29, 1.82) is 0 Å². The number of benzene rings is 1. The number of halogens is 1. The van der Waals surface area contributed by atoms with Crippen LogP contribution < -0.4 is 0 Å². The summed E-state index contributed by atoms with van der Waals surface area (Å²) >= 11 is 0. The van der Waals surface area contributed by atoms with Gasteiger partial charge < -0.3 is 10.2 Å². The highest BCUT2D eigenvalue weighted by Crippen LogP contribution is 2.46. The number of likely N-dealkylation sites (tertiary alicyclic amines) is 1. The molecule has 2 aromatic heterocycles. The van der Waals surface area contributed by atoms with E-state index in [0.717, 1.165) is 11.3 Å². The van der Waals surface area contributed by atoms with E-state index in [1.54, 1.807) is 31.2 Å². The molecule has 3 aromatic rings. The minimum atomic E-state index is -1.90. The second kappa shape index (κ2) is 9.16. The summed E-state index contributed by atoms with van der Waals surface area (Å²) in [6, 6.07) is 14.5. The Morgan fingerprint density at radius 3 is 2.34 bits per heavy atom. The lowest BCUT2D eigenvalue weighted by molar-refractivity contribution is -0.153. The van der Waals surface area contributed by atoms with Gasteiger partial charge in [-0.15, -0.1) is 0 Å². The molecule has 1 aliphatic rings. The van der Waals surface area contributed by atoms with Crippen LogP contribution in [0.4, 0.5) is 4.39 Å². The lowest BCUT2D eigenvalue weighted by atomic mass is 9.70. The summed E-state index contributed by atoms with van der Waals surface area (Å²) in [7, 11) is 1.82. The number of nitrogens with zero attached hydrogens (tertiary/aromatic N) is 3. The maximum Gasteiger partial charge on any atom is 0.172 e. The third-order valence-electron chi connectivity index (χ3n) is 6.68. The number of hydrogen-bond acceptors (Lipinski definition) is 5. The zero-order valence-electron chi connectivity index (χ0n) is 20.9. The van der Waals surface area contributed by atoms with Gasteiger partial charge in [0.15, 0.2) is 16.9 Å². The van der Waals surface area contributed by atoms with Crippen molar-refractivity contribution in [1.82, 2.24) is 14.9 Å². The Morgan fingerprint density at radius 1 is 1.06 bits per heavy atom. The Labute approximate surface area is 206 Å². The van der Waals surface area contributed by atoms with E-state index in [1.807, 2.05) is 43.1 Å². The molecule has 1 unspecified atom stereocenters. The van der Waals surface area contributed by atoms with Crippen molar-refractivity contribution in [3.8, 4) is 11.8 Å². The predicted octanol–water partition coefficient (Wildman–Crippen LogP) is 4.06. The van der Waals surface area contributed by atoms with Crippen molar-refractivity contribution >= 4 is 0 Å². The van der Waals surface area contributed by atoms with Gasteiger partial charge >= 0.3 is 0 Å². The standard InChI is InChI=1S/C29H32FN3O2/c1-20(2)23-9-11-24(12-10-23)29(35,28(30)18-33(5)19-28)25-15-22(16-31-17-25)13-14-27(4,34)26-8-6-7-21(3)32-26/h6-12,15-17,20,34-35H,18-19H2,1-5H3/t27?,29-/m0/s1. The van der Waals surface area contributed by atoms with Gasteiger partial charge in [0.2, 0.25) is 0 Å². The van der Waals surface area contributed by atoms with Gasteiger partial charge in [-0.1, -0.05) is 56.0 Å². The zero-order chi connectivity index (χ0) is 25.4. The molecule has 2 atom stereocenters. The molecule has 6 heteroatoms. The molecule has 182 valence electrons. The first-order valence-electron chi connectivity index (χ1n) is 11.8. The van der Waals surface area contributed by atoms with Crippen molar-refractivity contribution in [2.24, 2.45) is 0 Å². The summed E-state index contributed by atoms with van der Waals surface area (Å²) in [6.07, 6.45) is 3.03. The summed E-state index contributed by atoms with van der Waals surface area (Å²) in [4.78, 5) is 10.5. The first-order chi connectivity index (χ1) is 16.4. The molecule has 1 aliphatic heterocycles. The fourth-order valence-corrected chi connectivity index (χ4v) is 4.61. The molecule has 5 nitrogen and oxygen atoms in total. The van der Waals surface area contributed by atoms with Crippen LogP contribution in [0.3, 0.4) is 0 Å². The highest BCUT2D eigenvalue weighted by Gasteiger charge is 2.59. The van der Waals surface area contributed by atoms with Gasteiger partial charge in [0, 0.05) is 42.3 Å². The summed E-state index contributed by atoms with van der Waals surface area (Å²) < 4.78 is 16.2. The number of aryl methyl sites for hydroxylation is 1. The Kier molecular flexibility index (Phi) is 6.54. The normalized spacial score (nSPS) is 18.7. The molecular weight excluding hydrogens is 441 g/mol. The van der Waals surface area contributed by atoms with Crippen LogP contribution >= 0.6 is 0 Å². The topological polar surface area (TPSA) is 69.5 Å². The minimum Gasteiger partial charge on any atom is -0.377 e. The van der Waals surface area contributed by atoms with Crippen molar-refractivity contribution in [3.05, 3.63) is 94.6 Å². The summed E-state index contributed by atoms with van der Waals surface area (Å²) in [6.45, 7) is 7.79. The number of hydrogen-bond donors (Lipinski definition) is 2. The first kappa shape index (κ1) is 25.0. The summed E-state index contributed by atoms with van der Waals surface area (Å²) in [5.41, 5.74) is -1.68. The van der Waals surface area contributed by atoms with Crippen molar-refractivity contribution in [2.75, 3.05) is 20.1 Å². The monoisotopic (exact) mass is 473 g/mol. The third-order valence-corrected chi connectivity index (χ3v) is 6.68. The number of rotatable bonds is 5. The molecule has 1 aromatic carbocycles. The Bertz CT molecular complexity index is 1270. The van der Waals surface area contributed by atoms with E-state index in [2.05, 4.69) is 35.7 Å². The Morgan fingerprint density at radius 2 is 1.74 bits per heavy atom. The van der Waals surface area contributed by atoms with Crippen LogP contribution in [0.25, 0.3) is 0 Å². The van der Waals surface area contributed by atoms with Gasteiger partial charge in [-0.2, -0.15) is 0 Å². The van der Waals surface area contributed by atoms with Crippen LogP contribution in [0.15, 0.2) is 60.9 Å². The molecule has 35 heavy (non-hydrogen) atoms. The van der Waals surface area contributed by atoms with E-state index in [-0.39, 0.29) is 13.1 Å². The van der Waals surface area contributed by atoms with Gasteiger partial charge in [-0.05, 0) is 56.1 Å². The second-order valence-corrected chi connectivity index (χ2v) is 10.1. The van der Waals surface area contributed by atoms with Crippen LogP contribution in [-0.4, -0.2) is 50.9 Å². The average molecular weight is 474 g/mol. The van der Waals surface area contributed by atoms with Crippen LogP contribution in [0, 0.1) is 18.8 Å². The van der Waals surface area contributed by atoms with Gasteiger partial charge in [-0.3, -0.25) is 14.9 Å². The molecule has 0 amide bonds. The SMILES string of the molecule is Cc1cccc(C(C)(O)C#Cc2cncc([C@@](O)(c3ccc(C(C)C)cc3)C3(F)CN(C)C3)c2)n1. The summed E-state index contributed by atoms with van der Waals surface area (Å²) in [5, 5.41) is 22.9. The number of pyridine rings is 2. The maximum atomic E-state index is 16.2. The van der Waals surface area contributed by atoms with Crippen LogP contribution in [-0.2, 0) is 11.2 Å². The lowest BCUT2D eigenvalue weighted by Gasteiger charge is -2.52. The van der Waals surface area contributed by atoms with Gasteiger partial charge in [0.1, 0.15) is 0 Å². The highest BCUT2D eigenvalue weighted by atomic mass is 19.1. The van der Waals surface area contributed by atoms with Crippen molar-refractivity contribution < 1.29 is 14.6 Å². The number of aliphatic hydroxyl groups is 2. The quantitative estimate of drug-likeness (QED) is 0.547. The van der Waals surface area contributed by atoms with Crippen LogP contribution in [0.1, 0.15) is 60.3 Å². The minimum absolute atomic E-state index is 0.0963. The molecule has 1 saturated heterocycles. The smallest absolute Gasteiger partial charge is 0.172 e. The maximum absolute atomic E-state index is 16.2. The van der Waals surface area contributed by atoms with E-state index in [1.165, 1.54) is 12.4 Å². The zero-order valence-corrected chi connectivity index (χ0v) is 20.9.